The molecule has 0 radical (unpaired) electrons. The number of rotatable bonds is 3. The van der Waals surface area contributed by atoms with Crippen molar-refractivity contribution in [2.24, 2.45) is 0 Å². The van der Waals surface area contributed by atoms with Crippen molar-refractivity contribution in [1.82, 2.24) is 10.3 Å². The van der Waals surface area contributed by atoms with Gasteiger partial charge in [-0.25, -0.2) is 0 Å². The average Bonchev–Trinajstić information content (AvgIpc) is 2.53. The third kappa shape index (κ3) is 2.81. The second-order valence-electron chi connectivity index (χ2n) is 5.50. The minimum atomic E-state index is 0.356. The molecular weight excluding hydrogens is 256 g/mol. The molecule has 2 heteroatoms. The number of benzene rings is 2. The van der Waals surface area contributed by atoms with Gasteiger partial charge in [-0.15, -0.1) is 0 Å². The van der Waals surface area contributed by atoms with Crippen LogP contribution in [0.1, 0.15) is 24.2 Å². The zero-order valence-corrected chi connectivity index (χ0v) is 12.7. The first-order chi connectivity index (χ1) is 10.2. The summed E-state index contributed by atoms with van der Waals surface area (Å²) in [6.07, 6.45) is 0. The van der Waals surface area contributed by atoms with Gasteiger partial charge in [0, 0.05) is 17.1 Å². The monoisotopic (exact) mass is 276 g/mol. The van der Waals surface area contributed by atoms with E-state index in [0.717, 1.165) is 11.2 Å². The van der Waals surface area contributed by atoms with Crippen LogP contribution in [0.15, 0.2) is 54.6 Å². The molecule has 1 aromatic heterocycles. The Kier molecular flexibility index (Phi) is 3.72. The van der Waals surface area contributed by atoms with E-state index in [1.807, 2.05) is 14.0 Å². The molecule has 0 fully saturated rings. The maximum atomic E-state index is 4.56. The van der Waals surface area contributed by atoms with Crippen molar-refractivity contribution in [2.45, 2.75) is 19.9 Å². The summed E-state index contributed by atoms with van der Waals surface area (Å²) in [4.78, 5) is 4.56. The highest BCUT2D eigenvalue weighted by molar-refractivity contribution is 5.84. The van der Waals surface area contributed by atoms with Gasteiger partial charge in [0.1, 0.15) is 0 Å². The highest BCUT2D eigenvalue weighted by Gasteiger charge is 2.05. The van der Waals surface area contributed by atoms with Crippen LogP contribution in [0.3, 0.4) is 0 Å². The molecule has 106 valence electrons. The van der Waals surface area contributed by atoms with E-state index in [4.69, 9.17) is 0 Å². The van der Waals surface area contributed by atoms with Gasteiger partial charge in [-0.2, -0.15) is 0 Å². The lowest BCUT2D eigenvalue weighted by Crippen LogP contribution is -2.12. The van der Waals surface area contributed by atoms with E-state index in [2.05, 4.69) is 71.8 Å². The van der Waals surface area contributed by atoms with Gasteiger partial charge in [-0.05, 0) is 61.9 Å². The largest absolute Gasteiger partial charge is 0.313 e. The lowest BCUT2D eigenvalue weighted by molar-refractivity contribution is 0.652. The van der Waals surface area contributed by atoms with Gasteiger partial charge in [-0.1, -0.05) is 30.3 Å². The van der Waals surface area contributed by atoms with Crippen molar-refractivity contribution in [2.75, 3.05) is 7.05 Å². The summed E-state index contributed by atoms with van der Waals surface area (Å²) in [7, 11) is 1.99. The van der Waals surface area contributed by atoms with Gasteiger partial charge >= 0.3 is 0 Å². The topological polar surface area (TPSA) is 24.9 Å². The Morgan fingerprint density at radius 1 is 0.952 bits per heavy atom. The van der Waals surface area contributed by atoms with Crippen LogP contribution >= 0.6 is 0 Å². The number of pyridine rings is 1. The van der Waals surface area contributed by atoms with Crippen molar-refractivity contribution in [3.63, 3.8) is 0 Å². The van der Waals surface area contributed by atoms with Crippen LogP contribution in [-0.4, -0.2) is 12.0 Å². The van der Waals surface area contributed by atoms with Crippen LogP contribution in [0.4, 0.5) is 0 Å². The summed E-state index contributed by atoms with van der Waals surface area (Å²) >= 11 is 0. The number of nitrogens with one attached hydrogen (secondary N) is 1. The fraction of sp³-hybridized carbons (Fsp3) is 0.211. The van der Waals surface area contributed by atoms with E-state index in [9.17, 15) is 0 Å². The molecule has 21 heavy (non-hydrogen) atoms. The predicted molar refractivity (Wildman–Crippen MR) is 89.4 cm³/mol. The molecule has 0 aliphatic heterocycles. The molecular formula is C19H20N2. The lowest BCUT2D eigenvalue weighted by Gasteiger charge is -2.12. The van der Waals surface area contributed by atoms with Crippen molar-refractivity contribution in [1.29, 1.82) is 0 Å². The quantitative estimate of drug-likeness (QED) is 0.762. The molecule has 1 unspecified atom stereocenters. The van der Waals surface area contributed by atoms with E-state index in [0.29, 0.717) is 6.04 Å². The van der Waals surface area contributed by atoms with Gasteiger partial charge in [0.25, 0.3) is 0 Å². The van der Waals surface area contributed by atoms with Gasteiger partial charge in [0.05, 0.1) is 5.52 Å². The highest BCUT2D eigenvalue weighted by Crippen LogP contribution is 2.26. The Morgan fingerprint density at radius 3 is 2.57 bits per heavy atom. The molecule has 0 spiro atoms. The normalized spacial score (nSPS) is 12.5. The molecule has 3 rings (SSSR count). The van der Waals surface area contributed by atoms with Gasteiger partial charge in [0.2, 0.25) is 0 Å². The van der Waals surface area contributed by atoms with Crippen molar-refractivity contribution in [3.8, 4) is 11.1 Å². The molecule has 1 N–H and O–H groups in total. The summed E-state index contributed by atoms with van der Waals surface area (Å²) in [5.74, 6) is 0. The summed E-state index contributed by atoms with van der Waals surface area (Å²) < 4.78 is 0. The number of aryl methyl sites for hydroxylation is 1. The zero-order chi connectivity index (χ0) is 14.8. The van der Waals surface area contributed by atoms with Gasteiger partial charge in [-0.3, -0.25) is 4.98 Å². The third-order valence-electron chi connectivity index (χ3n) is 3.98. The van der Waals surface area contributed by atoms with Crippen LogP contribution in [0.25, 0.3) is 22.0 Å². The number of hydrogen-bond donors (Lipinski definition) is 1. The van der Waals surface area contributed by atoms with E-state index in [-0.39, 0.29) is 0 Å². The van der Waals surface area contributed by atoms with Crippen molar-refractivity contribution >= 4 is 10.9 Å². The summed E-state index contributed by atoms with van der Waals surface area (Å²) in [6.45, 7) is 4.20. The summed E-state index contributed by atoms with van der Waals surface area (Å²) in [5, 5.41) is 4.47. The van der Waals surface area contributed by atoms with Crippen molar-refractivity contribution < 1.29 is 0 Å². The minimum absolute atomic E-state index is 0.356. The van der Waals surface area contributed by atoms with Gasteiger partial charge < -0.3 is 5.32 Å². The van der Waals surface area contributed by atoms with Crippen LogP contribution in [0.5, 0.6) is 0 Å². The zero-order valence-electron chi connectivity index (χ0n) is 12.7. The molecule has 2 nitrogen and oxygen atoms in total. The number of nitrogens with zero attached hydrogens (tertiary/aromatic N) is 1. The summed E-state index contributed by atoms with van der Waals surface area (Å²) in [5.41, 5.74) is 5.89. The molecule has 2 aromatic carbocycles. The molecule has 0 saturated carbocycles. The molecule has 3 aromatic rings. The highest BCUT2D eigenvalue weighted by atomic mass is 14.8. The van der Waals surface area contributed by atoms with Crippen LogP contribution in [0, 0.1) is 6.92 Å². The maximum Gasteiger partial charge on any atom is 0.0705 e. The molecule has 0 aliphatic rings. The fourth-order valence-electron chi connectivity index (χ4n) is 2.56. The van der Waals surface area contributed by atoms with Crippen molar-refractivity contribution in [3.05, 3.63) is 65.9 Å². The van der Waals surface area contributed by atoms with Crippen LogP contribution < -0.4 is 5.32 Å². The average molecular weight is 276 g/mol. The van der Waals surface area contributed by atoms with Crippen LogP contribution in [-0.2, 0) is 0 Å². The molecule has 0 saturated heterocycles. The molecule has 0 amide bonds. The Morgan fingerprint density at radius 2 is 1.76 bits per heavy atom. The SMILES string of the molecule is CNC(C)c1cccc(-c2ccc3nc(C)ccc3c2)c1. The molecule has 1 atom stereocenters. The standard InChI is InChI=1S/C19H20N2/c1-13-7-8-18-12-17(9-10-19(18)21-13)16-6-4-5-15(11-16)14(2)20-3/h4-12,14,20H,1-3H3. The van der Waals surface area contributed by atoms with E-state index < -0.39 is 0 Å². The predicted octanol–water partition coefficient (Wildman–Crippen LogP) is 4.49. The van der Waals surface area contributed by atoms with E-state index >= 15 is 0 Å². The first-order valence-electron chi connectivity index (χ1n) is 7.32. The number of fused-ring (bicyclic) bond motifs is 1. The van der Waals surface area contributed by atoms with Crippen LogP contribution in [0.2, 0.25) is 0 Å². The molecule has 0 bridgehead atoms. The lowest BCUT2D eigenvalue weighted by atomic mass is 9.99. The smallest absolute Gasteiger partial charge is 0.0705 e. The second-order valence-corrected chi connectivity index (χ2v) is 5.50. The van der Waals surface area contributed by atoms with E-state index in [1.165, 1.54) is 22.1 Å². The number of aromatic nitrogens is 1. The number of hydrogen-bond acceptors (Lipinski definition) is 2. The Hall–Kier alpha value is -2.19. The first kappa shape index (κ1) is 13.8. The minimum Gasteiger partial charge on any atom is -0.313 e. The fourth-order valence-corrected chi connectivity index (χ4v) is 2.56. The van der Waals surface area contributed by atoms with E-state index in [1.54, 1.807) is 0 Å². The first-order valence-corrected chi connectivity index (χ1v) is 7.32. The Balaban J connectivity index is 2.06. The Labute approximate surface area is 125 Å². The van der Waals surface area contributed by atoms with Gasteiger partial charge in [0.15, 0.2) is 0 Å². The maximum absolute atomic E-state index is 4.56. The molecule has 0 aliphatic carbocycles. The second kappa shape index (κ2) is 5.66. The summed E-state index contributed by atoms with van der Waals surface area (Å²) in [6, 6.07) is 19.7. The Bertz CT molecular complexity index is 777. The molecule has 1 heterocycles. The third-order valence-corrected chi connectivity index (χ3v) is 3.98.